The highest BCUT2D eigenvalue weighted by molar-refractivity contribution is 6.30. The van der Waals surface area contributed by atoms with E-state index in [1.807, 2.05) is 0 Å². The van der Waals surface area contributed by atoms with E-state index in [2.05, 4.69) is 15.5 Å². The molecule has 1 heterocycles. The number of aromatic nitrogens is 2. The van der Waals surface area contributed by atoms with Gasteiger partial charge in [-0.2, -0.15) is 5.10 Å². The summed E-state index contributed by atoms with van der Waals surface area (Å²) in [6, 6.07) is 3.95. The second-order valence-electron chi connectivity index (χ2n) is 3.28. The fourth-order valence-corrected chi connectivity index (χ4v) is 1.42. The van der Waals surface area contributed by atoms with Crippen LogP contribution in [0.1, 0.15) is 10.4 Å². The number of amides is 1. The number of rotatable bonds is 2. The van der Waals surface area contributed by atoms with Crippen LogP contribution < -0.4 is 11.1 Å². The van der Waals surface area contributed by atoms with Crippen LogP contribution in [-0.2, 0) is 0 Å². The van der Waals surface area contributed by atoms with Gasteiger partial charge in [0.15, 0.2) is 0 Å². The molecule has 0 aliphatic heterocycles. The Balaban J connectivity index is 2.22. The number of carbonyl (C=O) groups is 1. The summed E-state index contributed by atoms with van der Waals surface area (Å²) in [6.45, 7) is 0. The number of nitrogens with one attached hydrogen (secondary N) is 2. The summed E-state index contributed by atoms with van der Waals surface area (Å²) in [5, 5.41) is 8.63. The number of hydrogen-bond donors (Lipinski definition) is 3. The lowest BCUT2D eigenvalue weighted by Gasteiger charge is -2.05. The van der Waals surface area contributed by atoms with Gasteiger partial charge in [-0.3, -0.25) is 9.89 Å². The van der Waals surface area contributed by atoms with Gasteiger partial charge in [0.25, 0.3) is 5.91 Å². The Morgan fingerprint density at radius 3 is 2.88 bits per heavy atom. The molecule has 0 aliphatic rings. The summed E-state index contributed by atoms with van der Waals surface area (Å²) in [5.74, 6) is -1.04. The van der Waals surface area contributed by atoms with Gasteiger partial charge in [-0.05, 0) is 18.2 Å². The quantitative estimate of drug-likeness (QED) is 0.767. The zero-order chi connectivity index (χ0) is 12.4. The number of nitrogens with two attached hydrogens (primary N) is 1. The Hall–Kier alpha value is -2.08. The van der Waals surface area contributed by atoms with Crippen molar-refractivity contribution in [1.29, 1.82) is 0 Å². The van der Waals surface area contributed by atoms with E-state index in [-0.39, 0.29) is 22.1 Å². The lowest BCUT2D eigenvalue weighted by atomic mass is 10.2. The summed E-state index contributed by atoms with van der Waals surface area (Å²) < 4.78 is 13.4. The van der Waals surface area contributed by atoms with Crippen molar-refractivity contribution in [1.82, 2.24) is 10.2 Å². The van der Waals surface area contributed by atoms with Gasteiger partial charge in [0.1, 0.15) is 17.2 Å². The molecule has 4 N–H and O–H groups in total. The van der Waals surface area contributed by atoms with Crippen molar-refractivity contribution in [3.63, 3.8) is 0 Å². The number of nitrogen functional groups attached to an aromatic ring is 1. The molecule has 2 rings (SSSR count). The van der Waals surface area contributed by atoms with Crippen molar-refractivity contribution in [2.75, 3.05) is 11.1 Å². The lowest BCUT2D eigenvalue weighted by Crippen LogP contribution is -2.13. The van der Waals surface area contributed by atoms with Crippen LogP contribution in [0.15, 0.2) is 24.4 Å². The average Bonchev–Trinajstić information content (AvgIpc) is 2.68. The van der Waals surface area contributed by atoms with E-state index in [0.717, 1.165) is 6.07 Å². The van der Waals surface area contributed by atoms with Crippen LogP contribution in [0.2, 0.25) is 5.02 Å². The third-order valence-corrected chi connectivity index (χ3v) is 2.33. The van der Waals surface area contributed by atoms with Gasteiger partial charge < -0.3 is 11.1 Å². The number of nitrogens with zero attached hydrogens (tertiary/aromatic N) is 1. The first-order valence-corrected chi connectivity index (χ1v) is 5.01. The van der Waals surface area contributed by atoms with Crippen molar-refractivity contribution in [3.8, 4) is 0 Å². The van der Waals surface area contributed by atoms with Crippen LogP contribution in [0.3, 0.4) is 0 Å². The van der Waals surface area contributed by atoms with Crippen molar-refractivity contribution >= 4 is 29.0 Å². The van der Waals surface area contributed by atoms with E-state index in [4.69, 9.17) is 17.3 Å². The summed E-state index contributed by atoms with van der Waals surface area (Å²) in [5.41, 5.74) is 5.64. The van der Waals surface area contributed by atoms with Crippen LogP contribution in [-0.4, -0.2) is 16.1 Å². The van der Waals surface area contributed by atoms with E-state index in [0.29, 0.717) is 0 Å². The van der Waals surface area contributed by atoms with Crippen molar-refractivity contribution < 1.29 is 9.18 Å². The average molecular weight is 255 g/mol. The number of carbonyl (C=O) groups excluding carboxylic acids is 1. The minimum atomic E-state index is -0.618. The first-order valence-electron chi connectivity index (χ1n) is 4.63. The van der Waals surface area contributed by atoms with E-state index in [1.165, 1.54) is 18.3 Å². The molecule has 1 aromatic carbocycles. The van der Waals surface area contributed by atoms with E-state index < -0.39 is 11.7 Å². The predicted octanol–water partition coefficient (Wildman–Crippen LogP) is 2.04. The summed E-state index contributed by atoms with van der Waals surface area (Å²) >= 11 is 5.59. The molecule has 1 amide bonds. The lowest BCUT2D eigenvalue weighted by molar-refractivity contribution is 0.102. The molecule has 1 aromatic heterocycles. The topological polar surface area (TPSA) is 83.8 Å². The Morgan fingerprint density at radius 1 is 1.53 bits per heavy atom. The molecular weight excluding hydrogens is 247 g/mol. The Labute approximate surface area is 101 Å². The Morgan fingerprint density at radius 2 is 2.29 bits per heavy atom. The number of anilines is 2. The molecule has 0 saturated heterocycles. The molecule has 2 aromatic rings. The van der Waals surface area contributed by atoms with Gasteiger partial charge in [-0.25, -0.2) is 4.39 Å². The second kappa shape index (κ2) is 4.42. The maximum absolute atomic E-state index is 13.4. The van der Waals surface area contributed by atoms with Crippen molar-refractivity contribution in [3.05, 3.63) is 40.8 Å². The van der Waals surface area contributed by atoms with Crippen molar-refractivity contribution in [2.45, 2.75) is 0 Å². The van der Waals surface area contributed by atoms with E-state index in [9.17, 15) is 9.18 Å². The zero-order valence-corrected chi connectivity index (χ0v) is 9.25. The SMILES string of the molecule is Nc1[nH]ncc1C(=O)Nc1ccc(Cl)cc1F. The van der Waals surface area contributed by atoms with Crippen LogP contribution in [0, 0.1) is 5.82 Å². The highest BCUT2D eigenvalue weighted by Crippen LogP contribution is 2.20. The number of halogens is 2. The zero-order valence-electron chi connectivity index (χ0n) is 8.50. The molecule has 17 heavy (non-hydrogen) atoms. The molecule has 0 unspecified atom stereocenters. The number of H-pyrrole nitrogens is 1. The molecule has 5 nitrogen and oxygen atoms in total. The molecule has 0 saturated carbocycles. The molecule has 0 spiro atoms. The van der Waals surface area contributed by atoms with Crippen LogP contribution >= 0.6 is 11.6 Å². The minimum Gasteiger partial charge on any atom is -0.383 e. The van der Waals surface area contributed by atoms with E-state index >= 15 is 0 Å². The Kier molecular flexibility index (Phi) is 2.97. The highest BCUT2D eigenvalue weighted by atomic mass is 35.5. The summed E-state index contributed by atoms with van der Waals surface area (Å²) in [6.07, 6.45) is 1.26. The fourth-order valence-electron chi connectivity index (χ4n) is 1.26. The fraction of sp³-hybridized carbons (Fsp3) is 0. The standard InChI is InChI=1S/C10H8ClFN4O/c11-5-1-2-8(7(12)3-5)15-10(17)6-4-14-16-9(6)13/h1-4H,(H,15,17)(H3,13,14,16). The minimum absolute atomic E-state index is 0.0278. The number of benzene rings is 1. The van der Waals surface area contributed by atoms with Crippen LogP contribution in [0.5, 0.6) is 0 Å². The first kappa shape index (κ1) is 11.4. The first-order chi connectivity index (χ1) is 8.08. The van der Waals surface area contributed by atoms with Gasteiger partial charge in [0.05, 0.1) is 11.9 Å². The molecular formula is C10H8ClFN4O. The molecule has 0 fully saturated rings. The molecule has 0 bridgehead atoms. The van der Waals surface area contributed by atoms with Crippen LogP contribution in [0.4, 0.5) is 15.9 Å². The third kappa shape index (κ3) is 2.36. The summed E-state index contributed by atoms with van der Waals surface area (Å²) in [7, 11) is 0. The largest absolute Gasteiger partial charge is 0.383 e. The monoisotopic (exact) mass is 254 g/mol. The predicted molar refractivity (Wildman–Crippen MR) is 62.4 cm³/mol. The molecule has 0 radical (unpaired) electrons. The molecule has 0 atom stereocenters. The molecule has 7 heteroatoms. The Bertz CT molecular complexity index is 569. The van der Waals surface area contributed by atoms with E-state index in [1.54, 1.807) is 0 Å². The van der Waals surface area contributed by atoms with Gasteiger partial charge in [-0.15, -0.1) is 0 Å². The number of hydrogen-bond acceptors (Lipinski definition) is 3. The molecule has 0 aliphatic carbocycles. The summed E-state index contributed by atoms with van der Waals surface area (Å²) in [4.78, 5) is 11.7. The van der Waals surface area contributed by atoms with Gasteiger partial charge >= 0.3 is 0 Å². The third-order valence-electron chi connectivity index (χ3n) is 2.09. The smallest absolute Gasteiger partial charge is 0.261 e. The number of aromatic amines is 1. The maximum atomic E-state index is 13.4. The van der Waals surface area contributed by atoms with Gasteiger partial charge in [0, 0.05) is 5.02 Å². The normalized spacial score (nSPS) is 10.2. The second-order valence-corrected chi connectivity index (χ2v) is 3.71. The van der Waals surface area contributed by atoms with Crippen molar-refractivity contribution in [2.24, 2.45) is 0 Å². The molecule has 88 valence electrons. The van der Waals surface area contributed by atoms with Gasteiger partial charge in [-0.1, -0.05) is 11.6 Å². The van der Waals surface area contributed by atoms with Crippen LogP contribution in [0.25, 0.3) is 0 Å². The maximum Gasteiger partial charge on any atom is 0.261 e. The highest BCUT2D eigenvalue weighted by Gasteiger charge is 2.13. The van der Waals surface area contributed by atoms with Gasteiger partial charge in [0.2, 0.25) is 0 Å².